The monoisotopic (exact) mass is 331 g/mol. The van der Waals surface area contributed by atoms with E-state index in [1.165, 1.54) is 0 Å². The van der Waals surface area contributed by atoms with E-state index in [1.54, 1.807) is 18.2 Å². The third kappa shape index (κ3) is 2.58. The molecule has 2 heterocycles. The summed E-state index contributed by atoms with van der Waals surface area (Å²) in [7, 11) is 0. The summed E-state index contributed by atoms with van der Waals surface area (Å²) in [5.41, 5.74) is 2.08. The fraction of sp³-hybridized carbons (Fsp3) is 0.0667. The summed E-state index contributed by atoms with van der Waals surface area (Å²) >= 11 is 3.21. The van der Waals surface area contributed by atoms with E-state index in [9.17, 15) is 4.79 Å². The first-order chi connectivity index (χ1) is 9.61. The number of hydrogen-bond donors (Lipinski definition) is 0. The Balaban J connectivity index is 1.94. The van der Waals surface area contributed by atoms with Crippen molar-refractivity contribution in [1.82, 2.24) is 0 Å². The number of aliphatic imine (C=N–C) groups is 1. The molecule has 0 fully saturated rings. The van der Waals surface area contributed by atoms with Crippen LogP contribution < -0.4 is 0 Å². The van der Waals surface area contributed by atoms with E-state index < -0.39 is 5.97 Å². The quantitative estimate of drug-likeness (QED) is 0.622. The standard InChI is InChI=1S/C15H10BrNO3/c1-9-3-2-4-10(7-9)14-17-12(15(18)20-14)8-11-5-6-13(16)19-11/h2-8H,1H3/b12-8-. The molecule has 0 bridgehead atoms. The van der Waals surface area contributed by atoms with Crippen LogP contribution in [0.1, 0.15) is 16.9 Å². The van der Waals surface area contributed by atoms with Gasteiger partial charge in [0.2, 0.25) is 5.90 Å². The van der Waals surface area contributed by atoms with Crippen molar-refractivity contribution < 1.29 is 13.9 Å². The summed E-state index contributed by atoms with van der Waals surface area (Å²) in [5, 5.41) is 0. The van der Waals surface area contributed by atoms with Crippen LogP contribution in [0.3, 0.4) is 0 Å². The van der Waals surface area contributed by atoms with E-state index >= 15 is 0 Å². The van der Waals surface area contributed by atoms with Gasteiger partial charge in [0.15, 0.2) is 10.4 Å². The molecular formula is C15H10BrNO3. The number of cyclic esters (lactones) is 1. The number of carbonyl (C=O) groups excluding carboxylic acids is 1. The van der Waals surface area contributed by atoms with Crippen molar-refractivity contribution in [3.05, 3.63) is 63.7 Å². The predicted molar refractivity (Wildman–Crippen MR) is 78.2 cm³/mol. The zero-order valence-corrected chi connectivity index (χ0v) is 12.2. The maximum atomic E-state index is 11.8. The van der Waals surface area contributed by atoms with E-state index in [1.807, 2.05) is 31.2 Å². The number of furan rings is 1. The molecule has 0 saturated heterocycles. The lowest BCUT2D eigenvalue weighted by atomic mass is 10.1. The van der Waals surface area contributed by atoms with E-state index in [4.69, 9.17) is 9.15 Å². The molecule has 1 aromatic heterocycles. The van der Waals surface area contributed by atoms with Crippen molar-refractivity contribution >= 4 is 33.9 Å². The van der Waals surface area contributed by atoms with Gasteiger partial charge in [-0.05, 0) is 47.1 Å². The fourth-order valence-electron chi connectivity index (χ4n) is 1.85. The van der Waals surface area contributed by atoms with Gasteiger partial charge < -0.3 is 9.15 Å². The molecule has 1 aliphatic rings. The van der Waals surface area contributed by atoms with Crippen molar-refractivity contribution in [3.63, 3.8) is 0 Å². The average Bonchev–Trinajstić information content (AvgIpc) is 2.97. The molecule has 1 aliphatic heterocycles. The second kappa shape index (κ2) is 5.09. The van der Waals surface area contributed by atoms with Crippen LogP contribution >= 0.6 is 15.9 Å². The summed E-state index contributed by atoms with van der Waals surface area (Å²) in [4.78, 5) is 16.0. The molecule has 1 aromatic carbocycles. The van der Waals surface area contributed by atoms with Crippen LogP contribution in [0.15, 0.2) is 56.2 Å². The zero-order chi connectivity index (χ0) is 14.1. The average molecular weight is 332 g/mol. The third-order valence-corrected chi connectivity index (χ3v) is 3.18. The Bertz CT molecular complexity index is 743. The number of aryl methyl sites for hydroxylation is 1. The molecule has 100 valence electrons. The Morgan fingerprint density at radius 1 is 1.25 bits per heavy atom. The number of rotatable bonds is 2. The number of ether oxygens (including phenoxy) is 1. The van der Waals surface area contributed by atoms with Crippen LogP contribution in [0.5, 0.6) is 0 Å². The molecule has 2 aromatic rings. The van der Waals surface area contributed by atoms with Gasteiger partial charge in [0.25, 0.3) is 0 Å². The summed E-state index contributed by atoms with van der Waals surface area (Å²) in [6.07, 6.45) is 1.55. The van der Waals surface area contributed by atoms with Crippen molar-refractivity contribution in [2.45, 2.75) is 6.92 Å². The fourth-order valence-corrected chi connectivity index (χ4v) is 2.17. The minimum atomic E-state index is -0.478. The SMILES string of the molecule is Cc1cccc(C2=N/C(=C\c3ccc(Br)o3)C(=O)O2)c1. The van der Waals surface area contributed by atoms with Gasteiger partial charge in [0.05, 0.1) is 0 Å². The first kappa shape index (κ1) is 12.9. The van der Waals surface area contributed by atoms with Gasteiger partial charge in [-0.25, -0.2) is 9.79 Å². The molecule has 3 rings (SSSR count). The highest BCUT2D eigenvalue weighted by Crippen LogP contribution is 2.22. The molecule has 0 saturated carbocycles. The van der Waals surface area contributed by atoms with Crippen LogP contribution in [0, 0.1) is 6.92 Å². The van der Waals surface area contributed by atoms with Crippen molar-refractivity contribution in [1.29, 1.82) is 0 Å². The molecule has 0 atom stereocenters. The lowest BCUT2D eigenvalue weighted by Gasteiger charge is -1.99. The van der Waals surface area contributed by atoms with E-state index in [0.29, 0.717) is 16.3 Å². The van der Waals surface area contributed by atoms with Gasteiger partial charge in [-0.15, -0.1) is 0 Å². The largest absolute Gasteiger partial charge is 0.450 e. The molecule has 20 heavy (non-hydrogen) atoms. The van der Waals surface area contributed by atoms with Crippen LogP contribution in [0.25, 0.3) is 6.08 Å². The van der Waals surface area contributed by atoms with Gasteiger partial charge in [0.1, 0.15) is 5.76 Å². The number of carbonyl (C=O) groups is 1. The van der Waals surface area contributed by atoms with Gasteiger partial charge in [-0.2, -0.15) is 0 Å². The second-order valence-corrected chi connectivity index (χ2v) is 5.13. The minimum absolute atomic E-state index is 0.225. The van der Waals surface area contributed by atoms with E-state index in [-0.39, 0.29) is 5.70 Å². The van der Waals surface area contributed by atoms with E-state index in [2.05, 4.69) is 20.9 Å². The Morgan fingerprint density at radius 2 is 2.10 bits per heavy atom. The Morgan fingerprint density at radius 3 is 2.80 bits per heavy atom. The number of esters is 1. The number of hydrogen-bond acceptors (Lipinski definition) is 4. The molecule has 0 radical (unpaired) electrons. The first-order valence-corrected chi connectivity index (χ1v) is 6.76. The third-order valence-electron chi connectivity index (χ3n) is 2.76. The lowest BCUT2D eigenvalue weighted by molar-refractivity contribution is -0.129. The van der Waals surface area contributed by atoms with Gasteiger partial charge in [0, 0.05) is 11.6 Å². The Hall–Kier alpha value is -2.14. The molecule has 0 N–H and O–H groups in total. The summed E-state index contributed by atoms with van der Waals surface area (Å²) in [5.74, 6) is 0.377. The molecule has 0 amide bonds. The molecule has 0 spiro atoms. The molecule has 4 nitrogen and oxygen atoms in total. The molecular weight excluding hydrogens is 322 g/mol. The first-order valence-electron chi connectivity index (χ1n) is 5.97. The van der Waals surface area contributed by atoms with Crippen molar-refractivity contribution in [2.24, 2.45) is 4.99 Å². The van der Waals surface area contributed by atoms with Gasteiger partial charge in [-0.3, -0.25) is 0 Å². The van der Waals surface area contributed by atoms with Crippen LogP contribution in [0.4, 0.5) is 0 Å². The highest BCUT2D eigenvalue weighted by molar-refractivity contribution is 9.10. The molecule has 0 aliphatic carbocycles. The Labute approximate surface area is 123 Å². The topological polar surface area (TPSA) is 51.8 Å². The maximum absolute atomic E-state index is 11.8. The van der Waals surface area contributed by atoms with E-state index in [0.717, 1.165) is 11.1 Å². The predicted octanol–water partition coefficient (Wildman–Crippen LogP) is 3.70. The summed E-state index contributed by atoms with van der Waals surface area (Å²) in [6.45, 7) is 1.97. The Kier molecular flexibility index (Phi) is 3.28. The smallest absolute Gasteiger partial charge is 0.363 e. The second-order valence-electron chi connectivity index (χ2n) is 4.35. The van der Waals surface area contributed by atoms with Crippen LogP contribution in [-0.4, -0.2) is 11.9 Å². The number of benzene rings is 1. The summed E-state index contributed by atoms with van der Waals surface area (Å²) in [6, 6.07) is 11.1. The van der Waals surface area contributed by atoms with Gasteiger partial charge in [-0.1, -0.05) is 17.7 Å². The molecule has 0 unspecified atom stereocenters. The lowest BCUT2D eigenvalue weighted by Crippen LogP contribution is -2.05. The van der Waals surface area contributed by atoms with Crippen LogP contribution in [-0.2, 0) is 9.53 Å². The minimum Gasteiger partial charge on any atom is -0.450 e. The van der Waals surface area contributed by atoms with Crippen LogP contribution in [0.2, 0.25) is 0 Å². The highest BCUT2D eigenvalue weighted by Gasteiger charge is 2.24. The molecule has 5 heteroatoms. The van der Waals surface area contributed by atoms with Crippen molar-refractivity contribution in [2.75, 3.05) is 0 Å². The number of halogens is 1. The highest BCUT2D eigenvalue weighted by atomic mass is 79.9. The zero-order valence-electron chi connectivity index (χ0n) is 10.6. The number of nitrogens with zero attached hydrogens (tertiary/aromatic N) is 1. The van der Waals surface area contributed by atoms with Crippen molar-refractivity contribution in [3.8, 4) is 0 Å². The normalized spacial score (nSPS) is 16.4. The maximum Gasteiger partial charge on any atom is 0.363 e. The van der Waals surface area contributed by atoms with Gasteiger partial charge >= 0.3 is 5.97 Å². The summed E-state index contributed by atoms with van der Waals surface area (Å²) < 4.78 is 11.1.